The molecular weight excluding hydrogens is 328 g/mol. The maximum Gasteiger partial charge on any atom is 0.338 e. The Bertz CT molecular complexity index is 712. The van der Waals surface area contributed by atoms with Crippen molar-refractivity contribution in [2.24, 2.45) is 5.41 Å². The fraction of sp³-hybridized carbons (Fsp3) is 0.455. The summed E-state index contributed by atoms with van der Waals surface area (Å²) in [7, 11) is 1.28. The first kappa shape index (κ1) is 21.7. The Balaban J connectivity index is 3.11. The van der Waals surface area contributed by atoms with E-state index >= 15 is 0 Å². The van der Waals surface area contributed by atoms with E-state index < -0.39 is 11.9 Å². The van der Waals surface area contributed by atoms with Crippen molar-refractivity contribution in [3.63, 3.8) is 0 Å². The second kappa shape index (κ2) is 9.37. The SMILES string of the molecule is COC(=O)C(=C/C=C(C)C=CC1=C(C)CCCC1(C)C)/C(C)=C\C(=O)O. The van der Waals surface area contributed by atoms with Crippen LogP contribution in [-0.2, 0) is 14.3 Å². The van der Waals surface area contributed by atoms with E-state index in [1.165, 1.54) is 31.1 Å². The fourth-order valence-corrected chi connectivity index (χ4v) is 3.23. The van der Waals surface area contributed by atoms with E-state index in [0.29, 0.717) is 5.57 Å². The number of hydrogen-bond donors (Lipinski definition) is 1. The van der Waals surface area contributed by atoms with Crippen LogP contribution >= 0.6 is 0 Å². The van der Waals surface area contributed by atoms with E-state index in [1.807, 2.05) is 13.0 Å². The van der Waals surface area contributed by atoms with Crippen LogP contribution in [0.3, 0.4) is 0 Å². The summed E-state index contributed by atoms with van der Waals surface area (Å²) in [5.74, 6) is -1.65. The van der Waals surface area contributed by atoms with Gasteiger partial charge in [-0.25, -0.2) is 9.59 Å². The van der Waals surface area contributed by atoms with Gasteiger partial charge < -0.3 is 9.84 Å². The number of carbonyl (C=O) groups is 2. The molecule has 142 valence electrons. The molecular formula is C22H30O4. The second-order valence-electron chi connectivity index (χ2n) is 7.41. The normalized spacial score (nSPS) is 19.1. The Kier molecular flexibility index (Phi) is 7.81. The van der Waals surface area contributed by atoms with Crippen LogP contribution in [0.25, 0.3) is 0 Å². The van der Waals surface area contributed by atoms with Gasteiger partial charge in [0.15, 0.2) is 0 Å². The fourth-order valence-electron chi connectivity index (χ4n) is 3.23. The van der Waals surface area contributed by atoms with Gasteiger partial charge in [0, 0.05) is 6.08 Å². The number of allylic oxidation sites excluding steroid dienone is 7. The number of carbonyl (C=O) groups excluding carboxylic acids is 1. The summed E-state index contributed by atoms with van der Waals surface area (Å²) < 4.78 is 4.75. The van der Waals surface area contributed by atoms with Gasteiger partial charge in [-0.1, -0.05) is 43.2 Å². The Morgan fingerprint density at radius 2 is 1.85 bits per heavy atom. The molecule has 0 saturated carbocycles. The zero-order chi connectivity index (χ0) is 19.9. The first-order valence-corrected chi connectivity index (χ1v) is 8.85. The predicted molar refractivity (Wildman–Crippen MR) is 105 cm³/mol. The number of methoxy groups -OCH3 is 1. The van der Waals surface area contributed by atoms with Crippen molar-refractivity contribution in [3.05, 3.63) is 58.2 Å². The van der Waals surface area contributed by atoms with E-state index in [0.717, 1.165) is 18.1 Å². The van der Waals surface area contributed by atoms with Crippen LogP contribution in [0.15, 0.2) is 58.2 Å². The van der Waals surface area contributed by atoms with Gasteiger partial charge in [0.05, 0.1) is 12.7 Å². The molecule has 0 radical (unpaired) electrons. The number of hydrogen-bond acceptors (Lipinski definition) is 3. The van der Waals surface area contributed by atoms with Crippen molar-refractivity contribution in [2.45, 2.75) is 53.9 Å². The molecule has 0 bridgehead atoms. The molecule has 0 aromatic carbocycles. The van der Waals surface area contributed by atoms with Gasteiger partial charge in [-0.15, -0.1) is 0 Å². The molecule has 4 heteroatoms. The molecule has 1 N–H and O–H groups in total. The Morgan fingerprint density at radius 3 is 2.38 bits per heavy atom. The lowest BCUT2D eigenvalue weighted by atomic mass is 9.72. The van der Waals surface area contributed by atoms with Crippen LogP contribution in [0, 0.1) is 5.41 Å². The van der Waals surface area contributed by atoms with Crippen LogP contribution in [-0.4, -0.2) is 24.2 Å². The summed E-state index contributed by atoms with van der Waals surface area (Å²) in [4.78, 5) is 22.7. The van der Waals surface area contributed by atoms with Crippen LogP contribution in [0.4, 0.5) is 0 Å². The molecule has 0 unspecified atom stereocenters. The smallest absolute Gasteiger partial charge is 0.338 e. The lowest BCUT2D eigenvalue weighted by molar-refractivity contribution is -0.135. The maximum atomic E-state index is 11.9. The van der Waals surface area contributed by atoms with Gasteiger partial charge in [0.2, 0.25) is 0 Å². The third kappa shape index (κ3) is 6.17. The monoisotopic (exact) mass is 358 g/mol. The number of aliphatic carboxylic acids is 1. The van der Waals surface area contributed by atoms with Crippen molar-refractivity contribution >= 4 is 11.9 Å². The molecule has 1 aliphatic carbocycles. The number of carboxylic acid groups (broad SMARTS) is 1. The molecule has 4 nitrogen and oxygen atoms in total. The van der Waals surface area contributed by atoms with E-state index in [-0.39, 0.29) is 11.0 Å². The van der Waals surface area contributed by atoms with Crippen LogP contribution in [0.2, 0.25) is 0 Å². The minimum atomic E-state index is -1.10. The lowest BCUT2D eigenvalue weighted by Crippen LogP contribution is -2.19. The van der Waals surface area contributed by atoms with Crippen molar-refractivity contribution in [2.75, 3.05) is 7.11 Å². The molecule has 1 rings (SSSR count). The molecule has 0 amide bonds. The van der Waals surface area contributed by atoms with Crippen molar-refractivity contribution in [1.29, 1.82) is 0 Å². The Labute approximate surface area is 156 Å². The molecule has 0 aromatic heterocycles. The van der Waals surface area contributed by atoms with Crippen LogP contribution in [0.1, 0.15) is 53.9 Å². The first-order valence-electron chi connectivity index (χ1n) is 8.85. The van der Waals surface area contributed by atoms with Gasteiger partial charge in [-0.05, 0) is 62.7 Å². The van der Waals surface area contributed by atoms with Crippen molar-refractivity contribution in [3.8, 4) is 0 Å². The largest absolute Gasteiger partial charge is 0.478 e. The number of rotatable bonds is 6. The summed E-state index contributed by atoms with van der Waals surface area (Å²) in [5.41, 5.74) is 4.52. The van der Waals surface area contributed by atoms with E-state index in [2.05, 4.69) is 26.8 Å². The van der Waals surface area contributed by atoms with Gasteiger partial charge in [0.1, 0.15) is 0 Å². The number of esters is 1. The third-order valence-corrected chi connectivity index (χ3v) is 4.74. The maximum absolute atomic E-state index is 11.9. The number of carboxylic acids is 1. The number of ether oxygens (including phenoxy) is 1. The van der Waals surface area contributed by atoms with Crippen molar-refractivity contribution < 1.29 is 19.4 Å². The molecule has 0 fully saturated rings. The highest BCUT2D eigenvalue weighted by atomic mass is 16.5. The third-order valence-electron chi connectivity index (χ3n) is 4.74. The van der Waals surface area contributed by atoms with Crippen LogP contribution in [0.5, 0.6) is 0 Å². The van der Waals surface area contributed by atoms with Gasteiger partial charge in [-0.3, -0.25) is 0 Å². The molecule has 0 aliphatic heterocycles. The summed E-state index contributed by atoms with van der Waals surface area (Å²) in [6, 6.07) is 0. The Morgan fingerprint density at radius 1 is 1.19 bits per heavy atom. The standard InChI is InChI=1S/C22H30O4/c1-15(10-12-19-16(2)8-7-13-22(19,4)5)9-11-18(21(25)26-6)17(3)14-20(23)24/h9-12,14H,7-8,13H2,1-6H3,(H,23,24)/b12-10?,15-9?,17-14-,18-11+. The van der Waals surface area contributed by atoms with E-state index in [4.69, 9.17) is 9.84 Å². The first-order chi connectivity index (χ1) is 12.1. The quantitative estimate of drug-likeness (QED) is 0.405. The highest BCUT2D eigenvalue weighted by Gasteiger charge is 2.26. The van der Waals surface area contributed by atoms with E-state index in [1.54, 1.807) is 19.1 Å². The average Bonchev–Trinajstić information content (AvgIpc) is 2.52. The molecule has 0 atom stereocenters. The summed E-state index contributed by atoms with van der Waals surface area (Å²) >= 11 is 0. The summed E-state index contributed by atoms with van der Waals surface area (Å²) in [5, 5.41) is 8.88. The van der Waals surface area contributed by atoms with Gasteiger partial charge in [-0.2, -0.15) is 0 Å². The summed E-state index contributed by atoms with van der Waals surface area (Å²) in [6.45, 7) is 10.3. The predicted octanol–water partition coefficient (Wildman–Crippen LogP) is 5.15. The highest BCUT2D eigenvalue weighted by molar-refractivity contribution is 5.96. The van der Waals surface area contributed by atoms with E-state index in [9.17, 15) is 9.59 Å². The molecule has 0 aromatic rings. The lowest BCUT2D eigenvalue weighted by Gasteiger charge is -2.32. The Hall–Kier alpha value is -2.36. The van der Waals surface area contributed by atoms with Crippen molar-refractivity contribution in [1.82, 2.24) is 0 Å². The topological polar surface area (TPSA) is 63.6 Å². The minimum absolute atomic E-state index is 0.174. The van der Waals surface area contributed by atoms with Gasteiger partial charge >= 0.3 is 11.9 Å². The minimum Gasteiger partial charge on any atom is -0.478 e. The van der Waals surface area contributed by atoms with Crippen LogP contribution < -0.4 is 0 Å². The molecule has 26 heavy (non-hydrogen) atoms. The highest BCUT2D eigenvalue weighted by Crippen LogP contribution is 2.40. The average molecular weight is 358 g/mol. The molecule has 1 aliphatic rings. The molecule has 0 spiro atoms. The zero-order valence-electron chi connectivity index (χ0n) is 16.7. The zero-order valence-corrected chi connectivity index (χ0v) is 16.7. The summed E-state index contributed by atoms with van der Waals surface area (Å²) in [6.07, 6.45) is 12.1. The molecule has 0 saturated heterocycles. The van der Waals surface area contributed by atoms with Gasteiger partial charge in [0.25, 0.3) is 0 Å². The molecule has 0 heterocycles. The second-order valence-corrected chi connectivity index (χ2v) is 7.41.